The van der Waals surface area contributed by atoms with E-state index >= 15 is 0 Å². The Morgan fingerprint density at radius 1 is 1.16 bits per heavy atom. The molecule has 0 spiro atoms. The van der Waals surface area contributed by atoms with Crippen molar-refractivity contribution in [3.63, 3.8) is 0 Å². The van der Waals surface area contributed by atoms with Crippen LogP contribution >= 0.6 is 24.0 Å². The number of hydrogen-bond acceptors (Lipinski definition) is 3. The average Bonchev–Trinajstić information content (AvgIpc) is 2.50. The van der Waals surface area contributed by atoms with E-state index in [1.807, 2.05) is 39.0 Å². The number of carbonyl (C=O) groups is 1. The highest BCUT2D eigenvalue weighted by molar-refractivity contribution is 14.0. The maximum atomic E-state index is 11.6. The molecule has 0 radical (unpaired) electrons. The van der Waals surface area contributed by atoms with Crippen LogP contribution in [0.15, 0.2) is 35.3 Å². The van der Waals surface area contributed by atoms with Gasteiger partial charge in [0.15, 0.2) is 5.96 Å². The van der Waals surface area contributed by atoms with E-state index in [0.717, 1.165) is 32.2 Å². The van der Waals surface area contributed by atoms with Crippen LogP contribution in [0.3, 0.4) is 0 Å². The summed E-state index contributed by atoms with van der Waals surface area (Å²) in [7, 11) is 0. The summed E-state index contributed by atoms with van der Waals surface area (Å²) >= 11 is 0. The van der Waals surface area contributed by atoms with Crippen LogP contribution in [0.4, 0.5) is 0 Å². The molecule has 0 aliphatic rings. The third-order valence-electron chi connectivity index (χ3n) is 3.30. The number of ether oxygens (including phenoxy) is 1. The number of nitrogens with one attached hydrogen (secondary N) is 1. The van der Waals surface area contributed by atoms with Gasteiger partial charge in [-0.05, 0) is 45.6 Å². The molecule has 0 amide bonds. The van der Waals surface area contributed by atoms with E-state index in [0.29, 0.717) is 18.9 Å². The van der Waals surface area contributed by atoms with E-state index in [-0.39, 0.29) is 29.9 Å². The highest BCUT2D eigenvalue weighted by Gasteiger charge is 2.15. The third-order valence-corrected chi connectivity index (χ3v) is 3.30. The minimum Gasteiger partial charge on any atom is -0.460 e. The van der Waals surface area contributed by atoms with Crippen LogP contribution in [0.25, 0.3) is 0 Å². The van der Waals surface area contributed by atoms with Crippen LogP contribution in [0.5, 0.6) is 0 Å². The predicted molar refractivity (Wildman–Crippen MR) is 114 cm³/mol. The minimum absolute atomic E-state index is 0. The number of nitrogens with zero attached hydrogens (tertiary/aromatic N) is 1. The van der Waals surface area contributed by atoms with Crippen LogP contribution in [0.1, 0.15) is 52.0 Å². The smallest absolute Gasteiger partial charge is 0.306 e. The Kier molecular flexibility index (Phi) is 12.3. The lowest BCUT2D eigenvalue weighted by Gasteiger charge is -2.19. The van der Waals surface area contributed by atoms with Gasteiger partial charge >= 0.3 is 5.97 Å². The zero-order valence-corrected chi connectivity index (χ0v) is 17.9. The van der Waals surface area contributed by atoms with Gasteiger partial charge in [0.05, 0.1) is 0 Å². The van der Waals surface area contributed by atoms with Crippen molar-refractivity contribution in [2.24, 2.45) is 10.7 Å². The van der Waals surface area contributed by atoms with Gasteiger partial charge in [-0.25, -0.2) is 0 Å². The van der Waals surface area contributed by atoms with Gasteiger partial charge in [0, 0.05) is 19.5 Å². The molecule has 1 rings (SSSR count). The predicted octanol–water partition coefficient (Wildman–Crippen LogP) is 3.65. The average molecular weight is 461 g/mol. The quantitative estimate of drug-likeness (QED) is 0.194. The normalized spacial score (nSPS) is 11.6. The molecule has 0 bridgehead atoms. The Bertz CT molecular complexity index is 513. The monoisotopic (exact) mass is 461 g/mol. The number of aliphatic imine (C=N–C) groups is 1. The third kappa shape index (κ3) is 13.6. The summed E-state index contributed by atoms with van der Waals surface area (Å²) in [6.45, 7) is 7.10. The molecule has 0 saturated heterocycles. The van der Waals surface area contributed by atoms with Gasteiger partial charge in [-0.2, -0.15) is 0 Å². The fourth-order valence-corrected chi connectivity index (χ4v) is 2.19. The van der Waals surface area contributed by atoms with Gasteiger partial charge in [-0.3, -0.25) is 9.79 Å². The van der Waals surface area contributed by atoms with Gasteiger partial charge in [0.25, 0.3) is 0 Å². The summed E-state index contributed by atoms with van der Waals surface area (Å²) < 4.78 is 5.27. The summed E-state index contributed by atoms with van der Waals surface area (Å²) in [5, 5.41) is 3.12. The number of rotatable bonds is 9. The van der Waals surface area contributed by atoms with E-state index in [2.05, 4.69) is 22.4 Å². The van der Waals surface area contributed by atoms with E-state index in [1.165, 1.54) is 5.56 Å². The van der Waals surface area contributed by atoms with Crippen LogP contribution in [0, 0.1) is 0 Å². The molecule has 0 fully saturated rings. The molecule has 1 aromatic rings. The second-order valence-corrected chi connectivity index (χ2v) is 6.83. The summed E-state index contributed by atoms with van der Waals surface area (Å²) in [5.74, 6) is 0.353. The molecule has 0 heterocycles. The van der Waals surface area contributed by atoms with Crippen molar-refractivity contribution in [3.8, 4) is 0 Å². The second-order valence-electron chi connectivity index (χ2n) is 6.83. The highest BCUT2D eigenvalue weighted by Crippen LogP contribution is 2.10. The molecule has 142 valence electrons. The molecule has 0 saturated carbocycles. The fourth-order valence-electron chi connectivity index (χ4n) is 2.19. The molecule has 25 heavy (non-hydrogen) atoms. The first-order chi connectivity index (χ1) is 11.4. The van der Waals surface area contributed by atoms with E-state index < -0.39 is 5.60 Å². The lowest BCUT2D eigenvalue weighted by molar-refractivity contribution is -0.154. The summed E-state index contributed by atoms with van der Waals surface area (Å²) in [6.07, 6.45) is 4.08. The number of nitrogens with two attached hydrogens (primary N) is 1. The summed E-state index contributed by atoms with van der Waals surface area (Å²) in [6, 6.07) is 10.3. The Morgan fingerprint density at radius 2 is 1.84 bits per heavy atom. The van der Waals surface area contributed by atoms with Gasteiger partial charge < -0.3 is 15.8 Å². The fraction of sp³-hybridized carbons (Fsp3) is 0.579. The molecule has 6 heteroatoms. The van der Waals surface area contributed by atoms with Crippen molar-refractivity contribution in [2.45, 2.75) is 58.5 Å². The molecule has 0 aliphatic carbocycles. The molecule has 1 aromatic carbocycles. The van der Waals surface area contributed by atoms with Crippen LogP contribution in [-0.4, -0.2) is 30.6 Å². The van der Waals surface area contributed by atoms with E-state index in [1.54, 1.807) is 0 Å². The standard InChI is InChI=1S/C19H31N3O2.HI/c1-19(2,3)24-17(23)12-8-5-9-14-21-18(20)22-15-13-16-10-6-4-7-11-16;/h4,6-7,10-11H,5,8-9,12-15H2,1-3H3,(H3,20,21,22);1H. The lowest BCUT2D eigenvalue weighted by Crippen LogP contribution is -2.33. The first-order valence-electron chi connectivity index (χ1n) is 8.66. The SMILES string of the molecule is CC(C)(C)OC(=O)CCCCCN=C(N)NCCc1ccccc1.I. The topological polar surface area (TPSA) is 76.7 Å². The number of hydrogen-bond donors (Lipinski definition) is 2. The summed E-state index contributed by atoms with van der Waals surface area (Å²) in [5.41, 5.74) is 6.71. The summed E-state index contributed by atoms with van der Waals surface area (Å²) in [4.78, 5) is 15.9. The first kappa shape index (κ1) is 23.7. The van der Waals surface area contributed by atoms with Crippen molar-refractivity contribution in [2.75, 3.05) is 13.1 Å². The Labute approximate surface area is 168 Å². The van der Waals surface area contributed by atoms with Gasteiger partial charge in [-0.15, -0.1) is 24.0 Å². The molecule has 0 atom stereocenters. The largest absolute Gasteiger partial charge is 0.460 e. The first-order valence-corrected chi connectivity index (χ1v) is 8.66. The van der Waals surface area contributed by atoms with Crippen LogP contribution < -0.4 is 11.1 Å². The van der Waals surface area contributed by atoms with Crippen LogP contribution in [-0.2, 0) is 16.0 Å². The minimum atomic E-state index is -0.402. The second kappa shape index (κ2) is 13.0. The number of benzene rings is 1. The van der Waals surface area contributed by atoms with Gasteiger partial charge in [0.1, 0.15) is 5.60 Å². The molecule has 3 N–H and O–H groups in total. The Balaban J connectivity index is 0.00000576. The number of esters is 1. The maximum Gasteiger partial charge on any atom is 0.306 e. The maximum absolute atomic E-state index is 11.6. The molecular formula is C19H32IN3O2. The van der Waals surface area contributed by atoms with Crippen molar-refractivity contribution < 1.29 is 9.53 Å². The Hall–Kier alpha value is -1.31. The number of guanidine groups is 1. The van der Waals surface area contributed by atoms with Gasteiger partial charge in [-0.1, -0.05) is 36.8 Å². The van der Waals surface area contributed by atoms with Gasteiger partial charge in [0.2, 0.25) is 0 Å². The highest BCUT2D eigenvalue weighted by atomic mass is 127. The Morgan fingerprint density at radius 3 is 2.48 bits per heavy atom. The molecule has 0 aliphatic heterocycles. The molecule has 0 unspecified atom stereocenters. The van der Waals surface area contributed by atoms with Crippen molar-refractivity contribution >= 4 is 35.9 Å². The lowest BCUT2D eigenvalue weighted by atomic mass is 10.1. The van der Waals surface area contributed by atoms with E-state index in [9.17, 15) is 4.79 Å². The zero-order chi connectivity index (χ0) is 17.8. The number of carbonyl (C=O) groups excluding carboxylic acids is 1. The van der Waals surface area contributed by atoms with Crippen molar-refractivity contribution in [1.82, 2.24) is 5.32 Å². The number of halogens is 1. The van der Waals surface area contributed by atoms with Crippen LogP contribution in [0.2, 0.25) is 0 Å². The molecule has 5 nitrogen and oxygen atoms in total. The van der Waals surface area contributed by atoms with Crippen molar-refractivity contribution in [1.29, 1.82) is 0 Å². The number of unbranched alkanes of at least 4 members (excludes halogenated alkanes) is 2. The molecular weight excluding hydrogens is 429 g/mol. The van der Waals surface area contributed by atoms with Crippen molar-refractivity contribution in [3.05, 3.63) is 35.9 Å². The van der Waals surface area contributed by atoms with E-state index in [4.69, 9.17) is 10.5 Å². The zero-order valence-electron chi connectivity index (χ0n) is 15.6. The molecule has 0 aromatic heterocycles.